The van der Waals surface area contributed by atoms with E-state index in [9.17, 15) is 24.6 Å². The molecule has 0 radical (unpaired) electrons. The van der Waals surface area contributed by atoms with Crippen molar-refractivity contribution in [3.8, 4) is 5.75 Å². The quantitative estimate of drug-likeness (QED) is 0.407. The highest BCUT2D eigenvalue weighted by Crippen LogP contribution is 2.30. The molecule has 9 heteroatoms. The Hall–Kier alpha value is -3.07. The summed E-state index contributed by atoms with van der Waals surface area (Å²) in [4.78, 5) is 40.4. The molecule has 2 unspecified atom stereocenters. The van der Waals surface area contributed by atoms with Gasteiger partial charge in [-0.3, -0.25) is 9.59 Å². The van der Waals surface area contributed by atoms with Crippen LogP contribution in [0, 0.1) is 0 Å². The second-order valence-electron chi connectivity index (χ2n) is 9.47. The second kappa shape index (κ2) is 12.4. The average Bonchev–Trinajstić information content (AvgIpc) is 2.77. The lowest BCUT2D eigenvalue weighted by atomic mass is 9.94. The molecule has 1 fully saturated rings. The number of aromatic hydroxyl groups is 1. The molecule has 0 aliphatic heterocycles. The lowest BCUT2D eigenvalue weighted by Gasteiger charge is -2.35. The first-order chi connectivity index (χ1) is 16.1. The molecular formula is C25H37N3O6. The Kier molecular flexibility index (Phi) is 9.92. The number of hydrogen-bond donors (Lipinski definition) is 4. The van der Waals surface area contributed by atoms with Crippen LogP contribution in [-0.4, -0.2) is 63.9 Å². The van der Waals surface area contributed by atoms with Gasteiger partial charge in [0.2, 0.25) is 11.8 Å². The van der Waals surface area contributed by atoms with Gasteiger partial charge in [-0.15, -0.1) is 6.58 Å². The van der Waals surface area contributed by atoms with E-state index in [0.717, 1.165) is 32.1 Å². The molecule has 1 aromatic rings. The van der Waals surface area contributed by atoms with Crippen LogP contribution in [0.1, 0.15) is 64.5 Å². The van der Waals surface area contributed by atoms with E-state index in [-0.39, 0.29) is 23.9 Å². The predicted molar refractivity (Wildman–Crippen MR) is 128 cm³/mol. The maximum absolute atomic E-state index is 13.5. The molecule has 0 saturated heterocycles. The average molecular weight is 476 g/mol. The minimum Gasteiger partial charge on any atom is -0.508 e. The van der Waals surface area contributed by atoms with Gasteiger partial charge >= 0.3 is 6.09 Å². The number of phenols is 1. The number of nitrogens with zero attached hydrogens (tertiary/aromatic N) is 1. The summed E-state index contributed by atoms with van der Waals surface area (Å²) in [5.74, 6) is -1.30. The van der Waals surface area contributed by atoms with E-state index in [1.165, 1.54) is 17.0 Å². The van der Waals surface area contributed by atoms with E-state index in [1.807, 2.05) is 0 Å². The number of carbonyl (C=O) groups excluding carboxylic acids is 3. The van der Waals surface area contributed by atoms with Crippen LogP contribution in [0.3, 0.4) is 0 Å². The van der Waals surface area contributed by atoms with Gasteiger partial charge in [-0.05, 0) is 39.7 Å². The number of alkyl carbamates (subject to hydrolysis) is 1. The highest BCUT2D eigenvalue weighted by atomic mass is 16.6. The van der Waals surface area contributed by atoms with Crippen LogP contribution in [0.15, 0.2) is 36.9 Å². The fourth-order valence-electron chi connectivity index (χ4n) is 3.99. The van der Waals surface area contributed by atoms with Gasteiger partial charge in [0.05, 0.1) is 6.61 Å². The first-order valence-corrected chi connectivity index (χ1v) is 11.7. The summed E-state index contributed by atoms with van der Waals surface area (Å²) in [6, 6.07) is 3.72. The van der Waals surface area contributed by atoms with Crippen LogP contribution in [-0.2, 0) is 14.3 Å². The number of benzene rings is 1. The van der Waals surface area contributed by atoms with Crippen LogP contribution < -0.4 is 10.6 Å². The molecule has 1 aromatic carbocycles. The summed E-state index contributed by atoms with van der Waals surface area (Å²) in [7, 11) is 0. The predicted octanol–water partition coefficient (Wildman–Crippen LogP) is 2.78. The van der Waals surface area contributed by atoms with Gasteiger partial charge < -0.3 is 30.5 Å². The molecule has 188 valence electrons. The molecule has 3 amide bonds. The zero-order chi connectivity index (χ0) is 25.3. The van der Waals surface area contributed by atoms with E-state index in [2.05, 4.69) is 17.2 Å². The normalized spacial score (nSPS) is 16.1. The first kappa shape index (κ1) is 27.2. The third-order valence-corrected chi connectivity index (χ3v) is 5.52. The number of hydrogen-bond acceptors (Lipinski definition) is 6. The van der Waals surface area contributed by atoms with Crippen LogP contribution in [0.5, 0.6) is 5.75 Å². The van der Waals surface area contributed by atoms with Crippen molar-refractivity contribution in [1.82, 2.24) is 15.5 Å². The molecule has 0 spiro atoms. The molecule has 2 atom stereocenters. The van der Waals surface area contributed by atoms with Crippen molar-refractivity contribution < 1.29 is 29.3 Å². The second-order valence-corrected chi connectivity index (χ2v) is 9.47. The Morgan fingerprint density at radius 1 is 1.21 bits per heavy atom. The molecule has 4 N–H and O–H groups in total. The lowest BCUT2D eigenvalue weighted by molar-refractivity contribution is -0.143. The molecule has 1 saturated carbocycles. The summed E-state index contributed by atoms with van der Waals surface area (Å²) in [6.45, 7) is 7.96. The third-order valence-electron chi connectivity index (χ3n) is 5.52. The Bertz CT molecular complexity index is 860. The van der Waals surface area contributed by atoms with Crippen molar-refractivity contribution >= 4 is 17.9 Å². The van der Waals surface area contributed by atoms with Gasteiger partial charge in [0.25, 0.3) is 0 Å². The smallest absolute Gasteiger partial charge is 0.408 e. The largest absolute Gasteiger partial charge is 0.508 e. The lowest BCUT2D eigenvalue weighted by Crippen LogP contribution is -2.55. The summed E-state index contributed by atoms with van der Waals surface area (Å²) in [5.41, 5.74) is -0.563. The third kappa shape index (κ3) is 7.76. The van der Waals surface area contributed by atoms with Crippen LogP contribution >= 0.6 is 0 Å². The van der Waals surface area contributed by atoms with Crippen molar-refractivity contribution in [2.75, 3.05) is 13.2 Å². The molecule has 1 aliphatic rings. The fraction of sp³-hybridized carbons (Fsp3) is 0.560. The van der Waals surface area contributed by atoms with Gasteiger partial charge in [0.1, 0.15) is 23.4 Å². The number of para-hydroxylation sites is 1. The Balaban J connectivity index is 2.37. The van der Waals surface area contributed by atoms with Crippen LogP contribution in [0.2, 0.25) is 0 Å². The minimum atomic E-state index is -1.36. The van der Waals surface area contributed by atoms with E-state index in [4.69, 9.17) is 4.74 Å². The Morgan fingerprint density at radius 2 is 1.85 bits per heavy atom. The number of phenolic OH excluding ortho intramolecular Hbond substituents is 1. The number of ether oxygens (including phenoxy) is 1. The molecular weight excluding hydrogens is 438 g/mol. The topological polar surface area (TPSA) is 128 Å². The summed E-state index contributed by atoms with van der Waals surface area (Å²) in [5, 5.41) is 25.8. The summed E-state index contributed by atoms with van der Waals surface area (Å²) in [6.07, 6.45) is 5.39. The van der Waals surface area contributed by atoms with Gasteiger partial charge in [0, 0.05) is 18.2 Å². The molecule has 0 aromatic heterocycles. The maximum atomic E-state index is 13.5. The maximum Gasteiger partial charge on any atom is 0.408 e. The van der Waals surface area contributed by atoms with Crippen molar-refractivity contribution in [3.63, 3.8) is 0 Å². The molecule has 34 heavy (non-hydrogen) atoms. The standard InChI is InChI=1S/C25H37N3O6/c1-5-15-28(23(32)19(16-29)27-24(33)34-25(2,3)4)21(18-13-9-10-14-20(18)30)22(31)26-17-11-7-6-8-12-17/h5,9-10,13-14,17,19,21,29-30H,1,6-8,11-12,15-16H2,2-4H3,(H,26,31)(H,27,33). The first-order valence-electron chi connectivity index (χ1n) is 11.7. The number of aliphatic hydroxyl groups excluding tert-OH is 1. The molecule has 0 heterocycles. The summed E-state index contributed by atoms with van der Waals surface area (Å²) >= 11 is 0. The zero-order valence-electron chi connectivity index (χ0n) is 20.3. The van der Waals surface area contributed by atoms with Crippen molar-refractivity contribution in [2.45, 2.75) is 76.6 Å². The number of nitrogens with one attached hydrogen (secondary N) is 2. The summed E-state index contributed by atoms with van der Waals surface area (Å²) < 4.78 is 5.20. The Labute approximate surface area is 201 Å². The molecule has 9 nitrogen and oxygen atoms in total. The van der Waals surface area contributed by atoms with E-state index in [1.54, 1.807) is 39.0 Å². The number of rotatable bonds is 9. The minimum absolute atomic E-state index is 0.0242. The number of carbonyl (C=O) groups is 3. The van der Waals surface area contributed by atoms with E-state index >= 15 is 0 Å². The fourth-order valence-corrected chi connectivity index (χ4v) is 3.99. The van der Waals surface area contributed by atoms with Gasteiger partial charge in [-0.2, -0.15) is 0 Å². The molecule has 1 aliphatic carbocycles. The monoisotopic (exact) mass is 475 g/mol. The van der Waals surface area contributed by atoms with E-state index < -0.39 is 42.2 Å². The zero-order valence-corrected chi connectivity index (χ0v) is 20.3. The van der Waals surface area contributed by atoms with Gasteiger partial charge in [-0.1, -0.05) is 43.5 Å². The van der Waals surface area contributed by atoms with E-state index in [0.29, 0.717) is 0 Å². The number of amides is 3. The van der Waals surface area contributed by atoms with Crippen molar-refractivity contribution in [1.29, 1.82) is 0 Å². The van der Waals surface area contributed by atoms with Crippen LogP contribution in [0.4, 0.5) is 4.79 Å². The van der Waals surface area contributed by atoms with Gasteiger partial charge in [-0.25, -0.2) is 4.79 Å². The Morgan fingerprint density at radius 3 is 2.41 bits per heavy atom. The SMILES string of the molecule is C=CCN(C(=O)C(CO)NC(=O)OC(C)(C)C)C(C(=O)NC1CCCCC1)c1ccccc1O. The van der Waals surface area contributed by atoms with Crippen molar-refractivity contribution in [3.05, 3.63) is 42.5 Å². The van der Waals surface area contributed by atoms with Gasteiger partial charge in [0.15, 0.2) is 0 Å². The van der Waals surface area contributed by atoms with Crippen molar-refractivity contribution in [2.24, 2.45) is 0 Å². The molecule has 2 rings (SSSR count). The van der Waals surface area contributed by atoms with Crippen LogP contribution in [0.25, 0.3) is 0 Å². The highest BCUT2D eigenvalue weighted by molar-refractivity contribution is 5.92. The highest BCUT2D eigenvalue weighted by Gasteiger charge is 2.37. The molecule has 0 bridgehead atoms. The number of aliphatic hydroxyl groups is 1.